The van der Waals surface area contributed by atoms with E-state index in [1.807, 2.05) is 5.32 Å². The lowest BCUT2D eigenvalue weighted by Gasteiger charge is -2.20. The van der Waals surface area contributed by atoms with E-state index in [-0.39, 0.29) is 17.0 Å². The first-order chi connectivity index (χ1) is 6.77. The number of aliphatic carboxylic acids is 1. The van der Waals surface area contributed by atoms with Crippen molar-refractivity contribution < 1.29 is 24.9 Å². The van der Waals surface area contributed by atoms with Crippen LogP contribution in [0.15, 0.2) is 0 Å². The lowest BCUT2D eigenvalue weighted by Crippen LogP contribution is -2.55. The predicted molar refractivity (Wildman–Crippen MR) is 61.2 cm³/mol. The van der Waals surface area contributed by atoms with E-state index >= 15 is 0 Å². The van der Waals surface area contributed by atoms with Crippen LogP contribution in [0.2, 0.25) is 0 Å². The van der Waals surface area contributed by atoms with Crippen molar-refractivity contribution in [1.29, 1.82) is 0 Å². The Balaban J connectivity index is 0. The largest absolute Gasteiger partial charge is 0.480 e. The number of hydrogen-bond donors (Lipinski definition) is 5. The molecule has 0 fully saturated rings. The van der Waals surface area contributed by atoms with Gasteiger partial charge in [0.15, 0.2) is 6.04 Å². The van der Waals surface area contributed by atoms with Gasteiger partial charge in [-0.2, -0.15) is 0 Å². The van der Waals surface area contributed by atoms with Crippen molar-refractivity contribution in [3.05, 3.63) is 0 Å². The maximum atomic E-state index is 11.2. The van der Waals surface area contributed by atoms with E-state index in [1.165, 1.54) is 13.8 Å². The minimum Gasteiger partial charge on any atom is -0.480 e. The highest BCUT2D eigenvalue weighted by molar-refractivity contribution is 8.93. The highest BCUT2D eigenvalue weighted by Crippen LogP contribution is 1.96. The first-order valence-electron chi connectivity index (χ1n) is 4.42. The van der Waals surface area contributed by atoms with E-state index in [9.17, 15) is 9.59 Å². The molecule has 0 saturated heterocycles. The number of nitrogens with one attached hydrogen (secondary N) is 1. The maximum Gasteiger partial charge on any atom is 0.328 e. The normalized spacial score (nSPS) is 17.6. The standard InChI is InChI=1S/C8H16N2O5.BrH/c1-3(11)5(9)7(13)10-6(4(2)12)8(14)15;/h3-6,11-12H,9H2,1-2H3,(H,10,13)(H,14,15);1H/t3?,4?,5-,6-;/m0./s1. The molecule has 7 nitrogen and oxygen atoms in total. The second kappa shape index (κ2) is 7.55. The Morgan fingerprint density at radius 2 is 1.62 bits per heavy atom. The number of rotatable bonds is 5. The molecule has 1 amide bonds. The summed E-state index contributed by atoms with van der Waals surface area (Å²) in [6.45, 7) is 2.54. The number of carbonyl (C=O) groups is 2. The number of carboxylic acids is 1. The minimum absolute atomic E-state index is 0. The van der Waals surface area contributed by atoms with Gasteiger partial charge in [0, 0.05) is 0 Å². The van der Waals surface area contributed by atoms with Crippen LogP contribution in [0.3, 0.4) is 0 Å². The Labute approximate surface area is 103 Å². The van der Waals surface area contributed by atoms with Gasteiger partial charge in [0.1, 0.15) is 6.04 Å². The molecule has 0 rings (SSSR count). The molecule has 0 aromatic rings. The van der Waals surface area contributed by atoms with Crippen molar-refractivity contribution in [2.75, 3.05) is 0 Å². The Bertz CT molecular complexity index is 247. The number of aliphatic hydroxyl groups excluding tert-OH is 2. The third kappa shape index (κ3) is 5.40. The van der Waals surface area contributed by atoms with Gasteiger partial charge in [-0.05, 0) is 13.8 Å². The first-order valence-corrected chi connectivity index (χ1v) is 4.42. The van der Waals surface area contributed by atoms with E-state index < -0.39 is 36.2 Å². The van der Waals surface area contributed by atoms with Crippen molar-refractivity contribution in [2.45, 2.75) is 38.1 Å². The molecule has 0 radical (unpaired) electrons. The fourth-order valence-corrected chi connectivity index (χ4v) is 0.857. The van der Waals surface area contributed by atoms with Crippen molar-refractivity contribution >= 4 is 28.9 Å². The van der Waals surface area contributed by atoms with Gasteiger partial charge in [-0.1, -0.05) is 0 Å². The minimum atomic E-state index is -1.43. The number of amides is 1. The van der Waals surface area contributed by atoms with Crippen molar-refractivity contribution in [3.63, 3.8) is 0 Å². The summed E-state index contributed by atoms with van der Waals surface area (Å²) in [6, 6.07) is -2.65. The van der Waals surface area contributed by atoms with E-state index in [4.69, 9.17) is 21.1 Å². The molecule has 0 spiro atoms. The van der Waals surface area contributed by atoms with E-state index in [2.05, 4.69) is 0 Å². The highest BCUT2D eigenvalue weighted by Gasteiger charge is 2.28. The molecule has 0 aliphatic rings. The van der Waals surface area contributed by atoms with Crippen LogP contribution in [0.25, 0.3) is 0 Å². The van der Waals surface area contributed by atoms with Gasteiger partial charge in [0.05, 0.1) is 12.2 Å². The zero-order chi connectivity index (χ0) is 12.2. The van der Waals surface area contributed by atoms with Crippen molar-refractivity contribution in [2.24, 2.45) is 5.73 Å². The number of carboxylic acid groups (broad SMARTS) is 1. The molecule has 2 unspecified atom stereocenters. The average molecular weight is 301 g/mol. The highest BCUT2D eigenvalue weighted by atomic mass is 79.9. The SMILES string of the molecule is Br.CC(O)[C@H](N)C(=O)N[C@H](C(=O)O)C(C)O. The molecule has 0 aromatic carbocycles. The molecular formula is C8H17BrN2O5. The zero-order valence-corrected chi connectivity index (χ0v) is 10.7. The first kappa shape index (κ1) is 17.7. The Morgan fingerprint density at radius 3 is 1.88 bits per heavy atom. The monoisotopic (exact) mass is 300 g/mol. The molecule has 8 heteroatoms. The maximum absolute atomic E-state index is 11.2. The molecule has 0 bridgehead atoms. The van der Waals surface area contributed by atoms with Gasteiger partial charge in [0.25, 0.3) is 0 Å². The summed E-state index contributed by atoms with van der Waals surface area (Å²) < 4.78 is 0. The van der Waals surface area contributed by atoms with Crippen LogP contribution in [0.1, 0.15) is 13.8 Å². The van der Waals surface area contributed by atoms with Gasteiger partial charge in [-0.15, -0.1) is 17.0 Å². The summed E-state index contributed by atoms with van der Waals surface area (Å²) >= 11 is 0. The molecule has 0 aliphatic carbocycles. The van der Waals surface area contributed by atoms with Crippen molar-refractivity contribution in [1.82, 2.24) is 5.32 Å². The van der Waals surface area contributed by atoms with Gasteiger partial charge < -0.3 is 26.4 Å². The lowest BCUT2D eigenvalue weighted by molar-refractivity contribution is -0.145. The topological polar surface area (TPSA) is 133 Å². The summed E-state index contributed by atoms with van der Waals surface area (Å²) in [5.74, 6) is -2.19. The quantitative estimate of drug-likeness (QED) is 0.408. The molecule has 6 N–H and O–H groups in total. The van der Waals surface area contributed by atoms with Crippen LogP contribution >= 0.6 is 17.0 Å². The van der Waals surface area contributed by atoms with Gasteiger partial charge >= 0.3 is 5.97 Å². The third-order valence-corrected chi connectivity index (χ3v) is 1.87. The molecule has 4 atom stereocenters. The number of hydrogen-bond acceptors (Lipinski definition) is 5. The second-order valence-corrected chi connectivity index (χ2v) is 3.33. The van der Waals surface area contributed by atoms with Crippen LogP contribution in [0, 0.1) is 0 Å². The zero-order valence-electron chi connectivity index (χ0n) is 8.95. The fraction of sp³-hybridized carbons (Fsp3) is 0.750. The molecule has 0 heterocycles. The molecular weight excluding hydrogens is 284 g/mol. The molecule has 0 aliphatic heterocycles. The molecule has 0 aromatic heterocycles. The number of aliphatic hydroxyl groups is 2. The van der Waals surface area contributed by atoms with Crippen LogP contribution in [-0.4, -0.2) is 51.5 Å². The summed E-state index contributed by atoms with van der Waals surface area (Å²) in [5.41, 5.74) is 5.27. The number of halogens is 1. The van der Waals surface area contributed by atoms with Gasteiger partial charge in [-0.25, -0.2) is 4.79 Å². The third-order valence-electron chi connectivity index (χ3n) is 1.87. The van der Waals surface area contributed by atoms with Crippen LogP contribution < -0.4 is 11.1 Å². The molecule has 16 heavy (non-hydrogen) atoms. The van der Waals surface area contributed by atoms with E-state index in [1.54, 1.807) is 0 Å². The van der Waals surface area contributed by atoms with E-state index in [0.29, 0.717) is 0 Å². The van der Waals surface area contributed by atoms with Crippen LogP contribution in [0.5, 0.6) is 0 Å². The van der Waals surface area contributed by atoms with Gasteiger partial charge in [-0.3, -0.25) is 4.79 Å². The average Bonchev–Trinajstić information content (AvgIpc) is 2.11. The predicted octanol–water partition coefficient (Wildman–Crippen LogP) is -1.78. The second-order valence-electron chi connectivity index (χ2n) is 3.33. The molecule has 0 saturated carbocycles. The molecule has 96 valence electrons. The van der Waals surface area contributed by atoms with Crippen LogP contribution in [-0.2, 0) is 9.59 Å². The summed E-state index contributed by atoms with van der Waals surface area (Å²) in [4.78, 5) is 21.8. The number of nitrogens with two attached hydrogens (primary N) is 1. The van der Waals surface area contributed by atoms with Crippen LogP contribution in [0.4, 0.5) is 0 Å². The lowest BCUT2D eigenvalue weighted by atomic mass is 10.1. The summed E-state index contributed by atoms with van der Waals surface area (Å²) in [7, 11) is 0. The fourth-order valence-electron chi connectivity index (χ4n) is 0.857. The number of carbonyl (C=O) groups excluding carboxylic acids is 1. The van der Waals surface area contributed by atoms with E-state index in [0.717, 1.165) is 0 Å². The summed E-state index contributed by atoms with van der Waals surface area (Å²) in [5, 5.41) is 28.7. The summed E-state index contributed by atoms with van der Waals surface area (Å²) in [6.07, 6.45) is -2.33. The Morgan fingerprint density at radius 1 is 1.19 bits per heavy atom. The Kier molecular flexibility index (Phi) is 8.35. The Hall–Kier alpha value is -0.700. The van der Waals surface area contributed by atoms with Gasteiger partial charge in [0.2, 0.25) is 5.91 Å². The smallest absolute Gasteiger partial charge is 0.328 e. The van der Waals surface area contributed by atoms with Crippen molar-refractivity contribution in [3.8, 4) is 0 Å².